The number of nitrogens with zero attached hydrogens (tertiary/aromatic N) is 3. The van der Waals surface area contributed by atoms with E-state index in [-0.39, 0.29) is 0 Å². The molecule has 0 fully saturated rings. The smallest absolute Gasteiger partial charge is 0.181 e. The van der Waals surface area contributed by atoms with E-state index in [1.54, 1.807) is 5.51 Å². The zero-order valence-corrected chi connectivity index (χ0v) is 11.0. The van der Waals surface area contributed by atoms with Gasteiger partial charge in [-0.15, -0.1) is 11.3 Å². The molecule has 0 aromatic carbocycles. The molecule has 0 aliphatic heterocycles. The number of nitrogens with two attached hydrogens (primary N) is 1. The van der Waals surface area contributed by atoms with Crippen molar-refractivity contribution in [3.63, 3.8) is 0 Å². The number of nitrogen functional groups attached to an aromatic ring is 1. The summed E-state index contributed by atoms with van der Waals surface area (Å²) < 4.78 is 0.939. The maximum Gasteiger partial charge on any atom is 0.181 e. The van der Waals surface area contributed by atoms with E-state index in [9.17, 15) is 0 Å². The molecule has 2 rings (SSSR count). The van der Waals surface area contributed by atoms with Crippen molar-refractivity contribution < 1.29 is 0 Å². The molecule has 0 aliphatic rings. The zero-order valence-electron chi connectivity index (χ0n) is 8.07. The van der Waals surface area contributed by atoms with Crippen LogP contribution in [0.2, 0.25) is 0 Å². The lowest BCUT2D eigenvalue weighted by molar-refractivity contribution is 0.990. The molecule has 0 radical (unpaired) electrons. The van der Waals surface area contributed by atoms with Crippen LogP contribution in [0.5, 0.6) is 0 Å². The maximum absolute atomic E-state index is 5.82. The second-order valence-electron chi connectivity index (χ2n) is 2.92. The van der Waals surface area contributed by atoms with E-state index in [0.717, 1.165) is 21.4 Å². The number of aryl methyl sites for hydroxylation is 1. The summed E-state index contributed by atoms with van der Waals surface area (Å²) in [6.45, 7) is 2.05. The molecule has 0 amide bonds. The van der Waals surface area contributed by atoms with Gasteiger partial charge in [-0.3, -0.25) is 0 Å². The summed E-state index contributed by atoms with van der Waals surface area (Å²) in [5.41, 5.74) is 9.35. The number of aromatic nitrogens is 3. The molecule has 2 N–H and O–H groups in total. The molecule has 15 heavy (non-hydrogen) atoms. The van der Waals surface area contributed by atoms with Crippen LogP contribution in [0, 0.1) is 3.57 Å². The molecular weight excluding hydrogens is 323 g/mol. The zero-order chi connectivity index (χ0) is 10.8. The van der Waals surface area contributed by atoms with E-state index in [4.69, 9.17) is 5.73 Å². The van der Waals surface area contributed by atoms with Crippen molar-refractivity contribution in [2.45, 2.75) is 13.3 Å². The first-order chi connectivity index (χ1) is 7.22. The highest BCUT2D eigenvalue weighted by Crippen LogP contribution is 2.22. The minimum Gasteiger partial charge on any atom is -0.383 e. The van der Waals surface area contributed by atoms with E-state index in [2.05, 4.69) is 44.5 Å². The Morgan fingerprint density at radius 3 is 2.87 bits per heavy atom. The summed E-state index contributed by atoms with van der Waals surface area (Å²) in [7, 11) is 0. The van der Waals surface area contributed by atoms with Gasteiger partial charge in [-0.05, 0) is 29.0 Å². The van der Waals surface area contributed by atoms with Crippen LogP contribution in [0.3, 0.4) is 0 Å². The summed E-state index contributed by atoms with van der Waals surface area (Å²) in [5, 5.41) is 1.92. The summed E-state index contributed by atoms with van der Waals surface area (Å²) >= 11 is 3.70. The summed E-state index contributed by atoms with van der Waals surface area (Å²) in [6, 6.07) is 0. The minimum absolute atomic E-state index is 0.533. The Hall–Kier alpha value is -0.760. The van der Waals surface area contributed by atoms with Crippen molar-refractivity contribution in [2.24, 2.45) is 0 Å². The molecule has 0 aliphatic carbocycles. The number of thiazole rings is 1. The van der Waals surface area contributed by atoms with E-state index in [1.807, 2.05) is 5.38 Å². The molecule has 0 spiro atoms. The van der Waals surface area contributed by atoms with Gasteiger partial charge in [0.15, 0.2) is 5.82 Å². The first-order valence-electron chi connectivity index (χ1n) is 4.42. The first kappa shape index (κ1) is 10.7. The van der Waals surface area contributed by atoms with Crippen molar-refractivity contribution in [1.29, 1.82) is 0 Å². The third-order valence-electron chi connectivity index (χ3n) is 1.94. The number of halogens is 1. The molecule has 2 aromatic rings. The molecule has 6 heteroatoms. The average molecular weight is 332 g/mol. The summed E-state index contributed by atoms with van der Waals surface area (Å²) in [6.07, 6.45) is 0.849. The van der Waals surface area contributed by atoms with Gasteiger partial charge in [0.05, 0.1) is 14.8 Å². The van der Waals surface area contributed by atoms with Gasteiger partial charge < -0.3 is 5.73 Å². The van der Waals surface area contributed by atoms with Crippen LogP contribution in [0.1, 0.15) is 12.6 Å². The standard InChI is InChI=1S/C9H9IN4S/c1-2-5-7(10)8(11)14-9(13-5)6-3-15-4-12-6/h3-4H,2H2,1H3,(H2,11,13,14). The van der Waals surface area contributed by atoms with Crippen molar-refractivity contribution in [2.75, 3.05) is 5.73 Å². The predicted molar refractivity (Wildman–Crippen MR) is 69.6 cm³/mol. The lowest BCUT2D eigenvalue weighted by Crippen LogP contribution is -2.04. The van der Waals surface area contributed by atoms with Gasteiger partial charge in [-0.1, -0.05) is 6.92 Å². The molecule has 78 valence electrons. The SMILES string of the molecule is CCc1nc(-c2cscn2)nc(N)c1I. The number of anilines is 1. The fourth-order valence-electron chi connectivity index (χ4n) is 1.18. The average Bonchev–Trinajstić information content (AvgIpc) is 2.75. The van der Waals surface area contributed by atoms with Gasteiger partial charge in [0, 0.05) is 5.38 Å². The van der Waals surface area contributed by atoms with Crippen molar-refractivity contribution in [1.82, 2.24) is 15.0 Å². The Bertz CT molecular complexity index is 469. The van der Waals surface area contributed by atoms with Crippen molar-refractivity contribution in [3.8, 4) is 11.5 Å². The van der Waals surface area contributed by atoms with Gasteiger partial charge in [0.2, 0.25) is 0 Å². The lowest BCUT2D eigenvalue weighted by atomic mass is 10.3. The van der Waals surface area contributed by atoms with Crippen LogP contribution >= 0.6 is 33.9 Å². The molecule has 0 unspecified atom stereocenters. The largest absolute Gasteiger partial charge is 0.383 e. The molecule has 0 saturated heterocycles. The summed E-state index contributed by atoms with van der Waals surface area (Å²) in [5.74, 6) is 1.15. The highest BCUT2D eigenvalue weighted by molar-refractivity contribution is 14.1. The highest BCUT2D eigenvalue weighted by atomic mass is 127. The van der Waals surface area contributed by atoms with Gasteiger partial charge in [-0.2, -0.15) is 0 Å². The Balaban J connectivity index is 2.55. The number of hydrogen-bond donors (Lipinski definition) is 1. The Morgan fingerprint density at radius 1 is 1.47 bits per heavy atom. The van der Waals surface area contributed by atoms with Crippen LogP contribution in [0.4, 0.5) is 5.82 Å². The van der Waals surface area contributed by atoms with Crippen LogP contribution < -0.4 is 5.73 Å². The van der Waals surface area contributed by atoms with Crippen LogP contribution in [0.15, 0.2) is 10.9 Å². The minimum atomic E-state index is 0.533. The van der Waals surface area contributed by atoms with Gasteiger partial charge >= 0.3 is 0 Å². The molecular formula is C9H9IN4S. The van der Waals surface area contributed by atoms with Gasteiger partial charge in [0.1, 0.15) is 11.5 Å². The number of hydrogen-bond acceptors (Lipinski definition) is 5. The fourth-order valence-corrected chi connectivity index (χ4v) is 2.34. The molecule has 0 saturated carbocycles. The molecule has 0 bridgehead atoms. The fraction of sp³-hybridized carbons (Fsp3) is 0.222. The van der Waals surface area contributed by atoms with Gasteiger partial charge in [-0.25, -0.2) is 15.0 Å². The van der Waals surface area contributed by atoms with Crippen molar-refractivity contribution >= 4 is 39.7 Å². The van der Waals surface area contributed by atoms with E-state index in [0.29, 0.717) is 11.6 Å². The number of rotatable bonds is 2. The third kappa shape index (κ3) is 2.10. The predicted octanol–water partition coefficient (Wildman–Crippen LogP) is 2.35. The van der Waals surface area contributed by atoms with E-state index >= 15 is 0 Å². The summed E-state index contributed by atoms with van der Waals surface area (Å²) in [4.78, 5) is 12.8. The lowest BCUT2D eigenvalue weighted by Gasteiger charge is -2.05. The molecule has 0 atom stereocenters. The first-order valence-corrected chi connectivity index (χ1v) is 6.45. The quantitative estimate of drug-likeness (QED) is 0.858. The normalized spacial score (nSPS) is 10.5. The molecule has 2 aromatic heterocycles. The Morgan fingerprint density at radius 2 is 2.27 bits per heavy atom. The van der Waals surface area contributed by atoms with E-state index in [1.165, 1.54) is 11.3 Å². The second-order valence-corrected chi connectivity index (χ2v) is 4.72. The van der Waals surface area contributed by atoms with E-state index < -0.39 is 0 Å². The van der Waals surface area contributed by atoms with Crippen LogP contribution in [-0.2, 0) is 6.42 Å². The maximum atomic E-state index is 5.82. The van der Waals surface area contributed by atoms with Crippen LogP contribution in [-0.4, -0.2) is 15.0 Å². The highest BCUT2D eigenvalue weighted by Gasteiger charge is 2.10. The van der Waals surface area contributed by atoms with Crippen molar-refractivity contribution in [3.05, 3.63) is 20.2 Å². The van der Waals surface area contributed by atoms with Crippen LogP contribution in [0.25, 0.3) is 11.5 Å². The van der Waals surface area contributed by atoms with Gasteiger partial charge in [0.25, 0.3) is 0 Å². The monoisotopic (exact) mass is 332 g/mol. The Labute approximate surface area is 105 Å². The topological polar surface area (TPSA) is 64.7 Å². The molecule has 2 heterocycles. The Kier molecular flexibility index (Phi) is 3.15. The molecule has 4 nitrogen and oxygen atoms in total. The third-order valence-corrected chi connectivity index (χ3v) is 3.70. The second kappa shape index (κ2) is 4.40.